The average Bonchev–Trinajstić information content (AvgIpc) is 2.67. The summed E-state index contributed by atoms with van der Waals surface area (Å²) in [5.74, 6) is -4.41. The smallest absolute Gasteiger partial charge is 0.337 e. The molecule has 1 aromatic rings. The topological polar surface area (TPSA) is 139 Å². The van der Waals surface area contributed by atoms with E-state index >= 15 is 0 Å². The fourth-order valence-corrected chi connectivity index (χ4v) is 2.75. The standard InChI is InChI=1S/C19H24N2O8/c1-10(2)16(17(25)20-9-15(23)24)21(11(3)22)14-7-12(18(26)28-4)6-13(8-14)19(27)29-5/h6-8,10,16H,9H2,1-5H3,(H,20,25)(H,23,24)/t16-/m0/s1. The van der Waals surface area contributed by atoms with Crippen LogP contribution in [0.25, 0.3) is 0 Å². The van der Waals surface area contributed by atoms with E-state index in [9.17, 15) is 24.0 Å². The predicted octanol–water partition coefficient (Wildman–Crippen LogP) is 0.838. The first-order chi connectivity index (χ1) is 13.5. The van der Waals surface area contributed by atoms with Gasteiger partial charge in [-0.3, -0.25) is 19.3 Å². The van der Waals surface area contributed by atoms with Crippen molar-refractivity contribution in [3.05, 3.63) is 29.3 Å². The van der Waals surface area contributed by atoms with E-state index in [1.807, 2.05) is 0 Å². The van der Waals surface area contributed by atoms with Gasteiger partial charge in [-0.15, -0.1) is 0 Å². The van der Waals surface area contributed by atoms with Crippen molar-refractivity contribution in [2.75, 3.05) is 25.7 Å². The van der Waals surface area contributed by atoms with Crippen molar-refractivity contribution in [3.63, 3.8) is 0 Å². The molecule has 0 aliphatic carbocycles. The molecule has 0 aliphatic heterocycles. The van der Waals surface area contributed by atoms with Crippen LogP contribution in [-0.2, 0) is 23.9 Å². The van der Waals surface area contributed by atoms with Gasteiger partial charge >= 0.3 is 17.9 Å². The number of rotatable bonds is 8. The quantitative estimate of drug-likeness (QED) is 0.603. The molecule has 0 saturated heterocycles. The minimum absolute atomic E-state index is 0.0231. The van der Waals surface area contributed by atoms with Gasteiger partial charge in [0.25, 0.3) is 0 Å². The fourth-order valence-electron chi connectivity index (χ4n) is 2.75. The van der Waals surface area contributed by atoms with Gasteiger partial charge in [0, 0.05) is 12.6 Å². The number of benzene rings is 1. The third-order valence-corrected chi connectivity index (χ3v) is 3.97. The molecule has 0 bridgehead atoms. The molecule has 10 heteroatoms. The minimum atomic E-state index is -1.24. The molecule has 0 radical (unpaired) electrons. The Bertz CT molecular complexity index is 784. The molecule has 0 heterocycles. The summed E-state index contributed by atoms with van der Waals surface area (Å²) in [6.07, 6.45) is 0. The van der Waals surface area contributed by atoms with Crippen LogP contribution >= 0.6 is 0 Å². The maximum Gasteiger partial charge on any atom is 0.337 e. The monoisotopic (exact) mass is 408 g/mol. The van der Waals surface area contributed by atoms with E-state index in [1.54, 1.807) is 13.8 Å². The highest BCUT2D eigenvalue weighted by Gasteiger charge is 2.33. The zero-order valence-corrected chi connectivity index (χ0v) is 16.8. The lowest BCUT2D eigenvalue weighted by Gasteiger charge is -2.33. The lowest BCUT2D eigenvalue weighted by molar-refractivity contribution is -0.138. The summed E-state index contributed by atoms with van der Waals surface area (Å²) in [5.41, 5.74) is 0.0418. The Hall–Kier alpha value is -3.43. The van der Waals surface area contributed by atoms with Crippen molar-refractivity contribution >= 4 is 35.4 Å². The number of hydrogen-bond donors (Lipinski definition) is 2. The van der Waals surface area contributed by atoms with Crippen molar-refractivity contribution in [2.24, 2.45) is 5.92 Å². The summed E-state index contributed by atoms with van der Waals surface area (Å²) in [7, 11) is 2.32. The number of carboxylic acids is 1. The van der Waals surface area contributed by atoms with Gasteiger partial charge in [0.05, 0.1) is 25.3 Å². The molecule has 10 nitrogen and oxygen atoms in total. The van der Waals surface area contributed by atoms with Gasteiger partial charge in [0.15, 0.2) is 0 Å². The molecule has 1 aromatic carbocycles. The van der Waals surface area contributed by atoms with Crippen molar-refractivity contribution in [1.29, 1.82) is 0 Å². The van der Waals surface area contributed by atoms with E-state index in [-0.39, 0.29) is 16.8 Å². The lowest BCUT2D eigenvalue weighted by Crippen LogP contribution is -2.53. The number of aliphatic carboxylic acids is 1. The van der Waals surface area contributed by atoms with Crippen LogP contribution in [0.5, 0.6) is 0 Å². The number of methoxy groups -OCH3 is 2. The van der Waals surface area contributed by atoms with Crippen molar-refractivity contribution in [1.82, 2.24) is 5.32 Å². The predicted molar refractivity (Wildman–Crippen MR) is 102 cm³/mol. The van der Waals surface area contributed by atoms with Crippen LogP contribution in [-0.4, -0.2) is 61.6 Å². The van der Waals surface area contributed by atoms with E-state index in [0.29, 0.717) is 0 Å². The average molecular weight is 408 g/mol. The Balaban J connectivity index is 3.56. The van der Waals surface area contributed by atoms with Gasteiger partial charge in [-0.1, -0.05) is 13.8 Å². The van der Waals surface area contributed by atoms with Crippen molar-refractivity contribution in [3.8, 4) is 0 Å². The number of anilines is 1. The molecular weight excluding hydrogens is 384 g/mol. The Morgan fingerprint density at radius 3 is 1.83 bits per heavy atom. The first kappa shape index (κ1) is 23.6. The van der Waals surface area contributed by atoms with Crippen LogP contribution in [0.2, 0.25) is 0 Å². The number of ether oxygens (including phenoxy) is 2. The van der Waals surface area contributed by atoms with Gasteiger partial charge < -0.3 is 19.9 Å². The number of amides is 2. The van der Waals surface area contributed by atoms with E-state index in [4.69, 9.17) is 5.11 Å². The van der Waals surface area contributed by atoms with Crippen LogP contribution in [0, 0.1) is 5.92 Å². The number of carbonyl (C=O) groups excluding carboxylic acids is 4. The first-order valence-corrected chi connectivity index (χ1v) is 8.64. The van der Waals surface area contributed by atoms with Crippen molar-refractivity contribution < 1.29 is 38.6 Å². The molecule has 0 unspecified atom stereocenters. The molecule has 1 rings (SSSR count). The SMILES string of the molecule is COC(=O)c1cc(C(=O)OC)cc(N(C(C)=O)[C@H](C(=O)NCC(=O)O)C(C)C)c1. The summed E-state index contributed by atoms with van der Waals surface area (Å²) >= 11 is 0. The maximum absolute atomic E-state index is 12.6. The molecule has 0 fully saturated rings. The van der Waals surface area contributed by atoms with Crippen LogP contribution in [0.3, 0.4) is 0 Å². The first-order valence-electron chi connectivity index (χ1n) is 8.64. The molecule has 0 aromatic heterocycles. The Labute approximate surface area is 167 Å². The van der Waals surface area contributed by atoms with Crippen molar-refractivity contribution in [2.45, 2.75) is 26.8 Å². The largest absolute Gasteiger partial charge is 0.480 e. The van der Waals surface area contributed by atoms with Gasteiger partial charge in [-0.25, -0.2) is 9.59 Å². The minimum Gasteiger partial charge on any atom is -0.480 e. The highest BCUT2D eigenvalue weighted by Crippen LogP contribution is 2.26. The van der Waals surface area contributed by atoms with Gasteiger partial charge in [-0.2, -0.15) is 0 Å². The van der Waals surface area contributed by atoms with Crippen LogP contribution < -0.4 is 10.2 Å². The molecule has 29 heavy (non-hydrogen) atoms. The summed E-state index contributed by atoms with van der Waals surface area (Å²) < 4.78 is 9.36. The summed E-state index contributed by atoms with van der Waals surface area (Å²) in [4.78, 5) is 60.9. The van der Waals surface area contributed by atoms with Gasteiger partial charge in [-0.05, 0) is 24.1 Å². The van der Waals surface area contributed by atoms with Crippen LogP contribution in [0.1, 0.15) is 41.5 Å². The van der Waals surface area contributed by atoms with E-state index in [0.717, 1.165) is 19.1 Å². The van der Waals surface area contributed by atoms with Crippen LogP contribution in [0.15, 0.2) is 18.2 Å². The molecule has 1 atom stereocenters. The Morgan fingerprint density at radius 1 is 1.00 bits per heavy atom. The molecule has 0 spiro atoms. The fraction of sp³-hybridized carbons (Fsp3) is 0.421. The third-order valence-electron chi connectivity index (χ3n) is 3.97. The highest BCUT2D eigenvalue weighted by atomic mass is 16.5. The maximum atomic E-state index is 12.6. The molecule has 158 valence electrons. The summed E-state index contributed by atoms with van der Waals surface area (Å²) in [5, 5.41) is 11.0. The number of carboxylic acid groups (broad SMARTS) is 1. The molecule has 2 N–H and O–H groups in total. The van der Waals surface area contributed by atoms with E-state index < -0.39 is 48.2 Å². The second kappa shape index (κ2) is 10.2. The van der Waals surface area contributed by atoms with Gasteiger partial charge in [0.2, 0.25) is 11.8 Å². The molecule has 0 saturated carbocycles. The molecular formula is C19H24N2O8. The second-order valence-corrected chi connectivity index (χ2v) is 6.44. The molecule has 2 amide bonds. The van der Waals surface area contributed by atoms with E-state index in [1.165, 1.54) is 25.1 Å². The summed E-state index contributed by atoms with van der Waals surface area (Å²) in [6, 6.07) is 2.76. The Morgan fingerprint density at radius 2 is 1.48 bits per heavy atom. The zero-order chi connectivity index (χ0) is 22.3. The zero-order valence-electron chi connectivity index (χ0n) is 16.8. The Kier molecular flexibility index (Phi) is 8.31. The highest BCUT2D eigenvalue weighted by molar-refractivity contribution is 6.03. The summed E-state index contributed by atoms with van der Waals surface area (Å²) in [6.45, 7) is 3.94. The number of nitrogens with one attached hydrogen (secondary N) is 1. The molecule has 0 aliphatic rings. The van der Waals surface area contributed by atoms with Crippen LogP contribution in [0.4, 0.5) is 5.69 Å². The number of esters is 2. The van der Waals surface area contributed by atoms with E-state index in [2.05, 4.69) is 14.8 Å². The number of nitrogens with zero attached hydrogens (tertiary/aromatic N) is 1. The second-order valence-electron chi connectivity index (χ2n) is 6.44. The lowest BCUT2D eigenvalue weighted by atomic mass is 9.99. The number of carbonyl (C=O) groups is 5. The van der Waals surface area contributed by atoms with Gasteiger partial charge in [0.1, 0.15) is 12.6 Å². The normalized spacial score (nSPS) is 11.4. The number of hydrogen-bond acceptors (Lipinski definition) is 7. The third kappa shape index (κ3) is 6.03.